The van der Waals surface area contributed by atoms with Gasteiger partial charge in [-0.15, -0.1) is 0 Å². The molecule has 4 nitrogen and oxygen atoms in total. The van der Waals surface area contributed by atoms with Crippen LogP contribution in [0.3, 0.4) is 0 Å². The first-order valence-electron chi connectivity index (χ1n) is 5.36. The van der Waals surface area contributed by atoms with Crippen LogP contribution in [0.2, 0.25) is 0 Å². The van der Waals surface area contributed by atoms with E-state index in [9.17, 15) is 0 Å². The van der Waals surface area contributed by atoms with E-state index in [-0.39, 0.29) is 0 Å². The minimum Gasteiger partial charge on any atom is -0.306 e. The molecule has 1 saturated heterocycles. The van der Waals surface area contributed by atoms with Gasteiger partial charge in [0.05, 0.1) is 0 Å². The molecule has 1 aliphatic heterocycles. The first kappa shape index (κ1) is 11.3. The van der Waals surface area contributed by atoms with Crippen molar-refractivity contribution in [2.24, 2.45) is 10.5 Å². The molecule has 1 fully saturated rings. The molecule has 0 N–H and O–H groups in total. The maximum absolute atomic E-state index is 8.15. The van der Waals surface area contributed by atoms with E-state index < -0.39 is 0 Å². The molecule has 0 saturated carbocycles. The highest BCUT2D eigenvalue weighted by Gasteiger charge is 2.27. The third kappa shape index (κ3) is 3.56. The third-order valence-corrected chi connectivity index (χ3v) is 3.30. The van der Waals surface area contributed by atoms with E-state index in [2.05, 4.69) is 28.9 Å². The third-order valence-electron chi connectivity index (χ3n) is 3.30. The molecule has 1 aliphatic rings. The van der Waals surface area contributed by atoms with Gasteiger partial charge in [-0.25, -0.2) is 0 Å². The van der Waals surface area contributed by atoms with Gasteiger partial charge in [-0.05, 0) is 56.8 Å². The molecule has 0 aliphatic carbocycles. The van der Waals surface area contributed by atoms with Crippen LogP contribution in [0.5, 0.6) is 0 Å². The molecule has 0 amide bonds. The fraction of sp³-hybridized carbons (Fsp3) is 1.00. The second-order valence-electron chi connectivity index (χ2n) is 4.67. The Morgan fingerprint density at radius 2 is 2.07 bits per heavy atom. The van der Waals surface area contributed by atoms with E-state index in [1.165, 1.54) is 32.4 Å². The van der Waals surface area contributed by atoms with Crippen molar-refractivity contribution in [3.63, 3.8) is 0 Å². The summed E-state index contributed by atoms with van der Waals surface area (Å²) in [6.07, 6.45) is 4.78. The summed E-state index contributed by atoms with van der Waals surface area (Å²) in [5, 5.41) is 3.57. The normalized spacial score (nSPS) is 21.6. The summed E-state index contributed by atoms with van der Waals surface area (Å²) in [7, 11) is 2.18. The number of piperidine rings is 1. The van der Waals surface area contributed by atoms with Crippen LogP contribution in [0.25, 0.3) is 10.4 Å². The number of hydrogen-bond donors (Lipinski definition) is 0. The molecule has 0 radical (unpaired) electrons. The molecular formula is C10H20N4. The number of hydrogen-bond acceptors (Lipinski definition) is 2. The van der Waals surface area contributed by atoms with Crippen LogP contribution in [0.1, 0.15) is 32.6 Å². The van der Waals surface area contributed by atoms with E-state index in [0.717, 1.165) is 6.42 Å². The molecule has 0 bridgehead atoms. The molecule has 0 aromatic carbocycles. The molecule has 0 unspecified atom stereocenters. The van der Waals surface area contributed by atoms with Crippen molar-refractivity contribution in [3.8, 4) is 0 Å². The first-order chi connectivity index (χ1) is 6.66. The fourth-order valence-electron chi connectivity index (χ4n) is 2.03. The van der Waals surface area contributed by atoms with Gasteiger partial charge in [-0.3, -0.25) is 0 Å². The minimum absolute atomic E-state index is 0.484. The van der Waals surface area contributed by atoms with Crippen molar-refractivity contribution < 1.29 is 0 Å². The van der Waals surface area contributed by atoms with E-state index >= 15 is 0 Å². The second-order valence-corrected chi connectivity index (χ2v) is 4.67. The Kier molecular flexibility index (Phi) is 4.23. The summed E-state index contributed by atoms with van der Waals surface area (Å²) in [5.74, 6) is 0. The standard InChI is InChI=1S/C10H20N4/c1-10(4-3-7-12-13-11)5-8-14(2)9-6-10/h3-9H2,1-2H3. The molecule has 0 aromatic heterocycles. The van der Waals surface area contributed by atoms with Gasteiger partial charge in [-0.1, -0.05) is 12.0 Å². The van der Waals surface area contributed by atoms with Gasteiger partial charge in [0.1, 0.15) is 0 Å². The largest absolute Gasteiger partial charge is 0.306 e. The van der Waals surface area contributed by atoms with Crippen molar-refractivity contribution in [1.29, 1.82) is 0 Å². The van der Waals surface area contributed by atoms with Gasteiger partial charge >= 0.3 is 0 Å². The zero-order valence-electron chi connectivity index (χ0n) is 9.24. The Hall–Kier alpha value is -0.730. The summed E-state index contributed by atoms with van der Waals surface area (Å²) < 4.78 is 0. The average molecular weight is 196 g/mol. The zero-order chi connectivity index (χ0) is 10.4. The first-order valence-corrected chi connectivity index (χ1v) is 5.36. The predicted octanol–water partition coefficient (Wildman–Crippen LogP) is 2.81. The number of azide groups is 1. The van der Waals surface area contributed by atoms with E-state index in [1.807, 2.05) is 0 Å². The topological polar surface area (TPSA) is 52.0 Å². The fourth-order valence-corrected chi connectivity index (χ4v) is 2.03. The molecule has 0 atom stereocenters. The lowest BCUT2D eigenvalue weighted by Crippen LogP contribution is -2.36. The Bertz CT molecular complexity index is 212. The molecule has 1 heterocycles. The van der Waals surface area contributed by atoms with Crippen molar-refractivity contribution in [2.45, 2.75) is 32.6 Å². The van der Waals surface area contributed by atoms with Crippen molar-refractivity contribution in [2.75, 3.05) is 26.7 Å². The van der Waals surface area contributed by atoms with Crippen LogP contribution in [0, 0.1) is 5.41 Å². The summed E-state index contributed by atoms with van der Waals surface area (Å²) in [5.41, 5.74) is 8.64. The molecule has 80 valence electrons. The Morgan fingerprint density at radius 3 is 2.64 bits per heavy atom. The lowest BCUT2D eigenvalue weighted by atomic mass is 9.77. The summed E-state index contributed by atoms with van der Waals surface area (Å²) in [6, 6.07) is 0. The quantitative estimate of drug-likeness (QED) is 0.295. The van der Waals surface area contributed by atoms with Crippen LogP contribution in [0.4, 0.5) is 0 Å². The second kappa shape index (κ2) is 5.23. The Balaban J connectivity index is 2.24. The van der Waals surface area contributed by atoms with Gasteiger partial charge in [0.2, 0.25) is 0 Å². The number of likely N-dealkylation sites (tertiary alicyclic amines) is 1. The van der Waals surface area contributed by atoms with Crippen LogP contribution in [-0.2, 0) is 0 Å². The highest BCUT2D eigenvalue weighted by atomic mass is 15.1. The highest BCUT2D eigenvalue weighted by molar-refractivity contribution is 4.81. The van der Waals surface area contributed by atoms with Gasteiger partial charge in [0.25, 0.3) is 0 Å². The van der Waals surface area contributed by atoms with Gasteiger partial charge in [0, 0.05) is 11.5 Å². The Labute approximate surface area is 85.9 Å². The van der Waals surface area contributed by atoms with Crippen molar-refractivity contribution in [3.05, 3.63) is 10.4 Å². The van der Waals surface area contributed by atoms with Crippen LogP contribution in [-0.4, -0.2) is 31.6 Å². The maximum atomic E-state index is 8.15. The summed E-state index contributed by atoms with van der Waals surface area (Å²) in [6.45, 7) is 5.42. The SMILES string of the molecule is CN1CCC(C)(CCCN=[N+]=[N-])CC1. The lowest BCUT2D eigenvalue weighted by Gasteiger charge is -2.38. The van der Waals surface area contributed by atoms with Crippen LogP contribution < -0.4 is 0 Å². The summed E-state index contributed by atoms with van der Waals surface area (Å²) in [4.78, 5) is 5.15. The molecule has 14 heavy (non-hydrogen) atoms. The molecule has 0 aromatic rings. The highest BCUT2D eigenvalue weighted by Crippen LogP contribution is 2.34. The van der Waals surface area contributed by atoms with Crippen molar-refractivity contribution >= 4 is 0 Å². The monoisotopic (exact) mass is 196 g/mol. The van der Waals surface area contributed by atoms with Gasteiger partial charge < -0.3 is 4.90 Å². The van der Waals surface area contributed by atoms with E-state index in [1.54, 1.807) is 0 Å². The lowest BCUT2D eigenvalue weighted by molar-refractivity contribution is 0.128. The molecule has 0 spiro atoms. The number of rotatable bonds is 4. The molecule has 4 heteroatoms. The summed E-state index contributed by atoms with van der Waals surface area (Å²) >= 11 is 0. The van der Waals surface area contributed by atoms with E-state index in [0.29, 0.717) is 12.0 Å². The van der Waals surface area contributed by atoms with Gasteiger partial charge in [-0.2, -0.15) is 0 Å². The smallest absolute Gasteiger partial charge is 0.0258 e. The number of nitrogens with zero attached hydrogens (tertiary/aromatic N) is 4. The minimum atomic E-state index is 0.484. The zero-order valence-corrected chi connectivity index (χ0v) is 9.24. The molecule has 1 rings (SSSR count). The maximum Gasteiger partial charge on any atom is 0.0258 e. The molecular weight excluding hydrogens is 176 g/mol. The van der Waals surface area contributed by atoms with Crippen molar-refractivity contribution in [1.82, 2.24) is 4.90 Å². The predicted molar refractivity (Wildman–Crippen MR) is 58.1 cm³/mol. The van der Waals surface area contributed by atoms with Gasteiger partial charge in [0.15, 0.2) is 0 Å². The van der Waals surface area contributed by atoms with Crippen LogP contribution in [0.15, 0.2) is 5.11 Å². The Morgan fingerprint density at radius 1 is 1.43 bits per heavy atom. The average Bonchev–Trinajstić information content (AvgIpc) is 2.18. The van der Waals surface area contributed by atoms with E-state index in [4.69, 9.17) is 5.53 Å². The van der Waals surface area contributed by atoms with Crippen LogP contribution >= 0.6 is 0 Å².